The molecule has 0 bridgehead atoms. The maximum Gasteiger partial charge on any atom is 0.155 e. The molecule has 4 aliphatic carbocycles. The lowest BCUT2D eigenvalue weighted by Crippen LogP contribution is -2.54. The van der Waals surface area contributed by atoms with Crippen LogP contribution in [0.15, 0.2) is 23.8 Å². The first-order valence-electron chi connectivity index (χ1n) is 13.2. The molecular weight excluding hydrogens is 380 g/mol. The van der Waals surface area contributed by atoms with Gasteiger partial charge in [0.05, 0.1) is 6.10 Å². The van der Waals surface area contributed by atoms with Gasteiger partial charge in [0.25, 0.3) is 0 Å². The lowest BCUT2D eigenvalue weighted by molar-refractivity contribution is -0.119. The fraction of sp³-hybridized carbons (Fsp3) is 0.828. The van der Waals surface area contributed by atoms with Gasteiger partial charge < -0.3 is 5.11 Å². The van der Waals surface area contributed by atoms with Crippen molar-refractivity contribution in [1.29, 1.82) is 0 Å². The minimum absolute atomic E-state index is 0.0345. The normalized spacial score (nSPS) is 44.6. The predicted octanol–water partition coefficient (Wildman–Crippen LogP) is 6.98. The van der Waals surface area contributed by atoms with E-state index >= 15 is 0 Å². The minimum Gasteiger partial charge on any atom is -0.389 e. The number of fused-ring (bicyclic) bond motifs is 5. The zero-order chi connectivity index (χ0) is 22.6. The van der Waals surface area contributed by atoms with E-state index in [0.717, 1.165) is 30.3 Å². The fourth-order valence-corrected chi connectivity index (χ4v) is 8.79. The number of carbonyl (C=O) groups is 1. The number of hydrogen-bond acceptors (Lipinski definition) is 2. The SMILES string of the molecule is CCC(C=CC(C)C1CCC2C3CC(O)C4=CC(=O)CC[C@]4(C)C3CC[C@]12C)C(C)C. The Morgan fingerprint density at radius 1 is 1.10 bits per heavy atom. The quantitative estimate of drug-likeness (QED) is 0.481. The van der Waals surface area contributed by atoms with Crippen LogP contribution in [0.25, 0.3) is 0 Å². The Morgan fingerprint density at radius 2 is 1.84 bits per heavy atom. The highest BCUT2D eigenvalue weighted by molar-refractivity contribution is 5.91. The molecule has 0 saturated heterocycles. The second-order valence-electron chi connectivity index (χ2n) is 12.4. The van der Waals surface area contributed by atoms with Gasteiger partial charge in [0.1, 0.15) is 0 Å². The number of rotatable bonds is 5. The van der Waals surface area contributed by atoms with Crippen molar-refractivity contribution >= 4 is 5.78 Å². The molecule has 2 nitrogen and oxygen atoms in total. The molecule has 9 atom stereocenters. The second kappa shape index (κ2) is 8.47. The lowest BCUT2D eigenvalue weighted by Gasteiger charge is -2.59. The highest BCUT2D eigenvalue weighted by atomic mass is 16.3. The van der Waals surface area contributed by atoms with Crippen LogP contribution in [0.1, 0.15) is 92.9 Å². The maximum atomic E-state index is 12.1. The van der Waals surface area contributed by atoms with E-state index in [1.54, 1.807) is 0 Å². The average molecular weight is 427 g/mol. The highest BCUT2D eigenvalue weighted by Crippen LogP contribution is 2.67. The highest BCUT2D eigenvalue weighted by Gasteiger charge is 2.60. The molecule has 0 radical (unpaired) electrons. The average Bonchev–Trinajstić information content (AvgIpc) is 3.07. The Bertz CT molecular complexity index is 748. The van der Waals surface area contributed by atoms with Gasteiger partial charge in [-0.15, -0.1) is 0 Å². The van der Waals surface area contributed by atoms with E-state index in [1.807, 2.05) is 6.08 Å². The lowest BCUT2D eigenvalue weighted by atomic mass is 9.46. The van der Waals surface area contributed by atoms with E-state index in [4.69, 9.17) is 0 Å². The van der Waals surface area contributed by atoms with Gasteiger partial charge in [-0.25, -0.2) is 0 Å². The summed E-state index contributed by atoms with van der Waals surface area (Å²) in [5.74, 6) is 5.00. The Labute approximate surface area is 191 Å². The maximum absolute atomic E-state index is 12.1. The molecule has 4 aliphatic rings. The van der Waals surface area contributed by atoms with E-state index in [-0.39, 0.29) is 11.2 Å². The van der Waals surface area contributed by atoms with Gasteiger partial charge in [0.15, 0.2) is 5.78 Å². The van der Waals surface area contributed by atoms with Crippen molar-refractivity contribution in [3.05, 3.63) is 23.8 Å². The van der Waals surface area contributed by atoms with Crippen molar-refractivity contribution in [2.24, 2.45) is 52.3 Å². The molecule has 0 amide bonds. The van der Waals surface area contributed by atoms with Gasteiger partial charge in [-0.05, 0) is 109 Å². The molecule has 2 heteroatoms. The molecule has 0 spiro atoms. The van der Waals surface area contributed by atoms with Crippen LogP contribution in [0.4, 0.5) is 0 Å². The summed E-state index contributed by atoms with van der Waals surface area (Å²) in [5.41, 5.74) is 1.50. The van der Waals surface area contributed by atoms with Crippen LogP contribution in [0.3, 0.4) is 0 Å². The van der Waals surface area contributed by atoms with Gasteiger partial charge in [-0.2, -0.15) is 0 Å². The van der Waals surface area contributed by atoms with Crippen LogP contribution in [-0.2, 0) is 4.79 Å². The van der Waals surface area contributed by atoms with E-state index in [0.29, 0.717) is 41.4 Å². The molecule has 4 rings (SSSR count). The molecule has 3 fully saturated rings. The summed E-state index contributed by atoms with van der Waals surface area (Å²) >= 11 is 0. The van der Waals surface area contributed by atoms with Crippen molar-refractivity contribution in [2.75, 3.05) is 0 Å². The molecule has 0 aromatic heterocycles. The Hall–Kier alpha value is -0.890. The Balaban J connectivity index is 1.55. The molecule has 31 heavy (non-hydrogen) atoms. The number of carbonyl (C=O) groups excluding carboxylic acids is 1. The summed E-state index contributed by atoms with van der Waals surface area (Å²) in [7, 11) is 0. The first kappa shape index (κ1) is 23.3. The van der Waals surface area contributed by atoms with Crippen LogP contribution in [0, 0.1) is 52.3 Å². The van der Waals surface area contributed by atoms with Crippen molar-refractivity contribution in [3.63, 3.8) is 0 Å². The van der Waals surface area contributed by atoms with E-state index < -0.39 is 6.10 Å². The van der Waals surface area contributed by atoms with Gasteiger partial charge in [-0.3, -0.25) is 4.79 Å². The third-order valence-electron chi connectivity index (χ3n) is 10.7. The first-order valence-corrected chi connectivity index (χ1v) is 13.2. The molecule has 7 unspecified atom stereocenters. The summed E-state index contributed by atoms with van der Waals surface area (Å²) in [6, 6.07) is 0. The number of aliphatic hydroxyl groups excluding tert-OH is 1. The van der Waals surface area contributed by atoms with Gasteiger partial charge in [0.2, 0.25) is 0 Å². The zero-order valence-corrected chi connectivity index (χ0v) is 20.9. The molecule has 0 heterocycles. The summed E-state index contributed by atoms with van der Waals surface area (Å²) in [4.78, 5) is 12.1. The Morgan fingerprint density at radius 3 is 2.52 bits per heavy atom. The summed E-state index contributed by atoms with van der Waals surface area (Å²) in [6.07, 6.45) is 15.4. The minimum atomic E-state index is -0.412. The number of allylic oxidation sites excluding steroid dienone is 2. The van der Waals surface area contributed by atoms with Gasteiger partial charge >= 0.3 is 0 Å². The Kier molecular flexibility index (Phi) is 6.36. The molecule has 0 aliphatic heterocycles. The standard InChI is InChI=1S/C29H46O2/c1-7-20(18(2)3)9-8-19(4)23-10-11-24-22-17-27(31)26-16-21(30)12-14-29(26,6)25(22)13-15-28(23,24)5/h8-9,16,18-20,22-25,27,31H,7,10-15,17H2,1-6H3/t19?,20?,22?,23?,24?,25?,27?,28-,29-/m1/s1. The number of ketones is 1. The summed E-state index contributed by atoms with van der Waals surface area (Å²) < 4.78 is 0. The smallest absolute Gasteiger partial charge is 0.155 e. The van der Waals surface area contributed by atoms with Crippen molar-refractivity contribution < 1.29 is 9.90 Å². The molecule has 174 valence electrons. The van der Waals surface area contributed by atoms with Crippen molar-refractivity contribution in [2.45, 2.75) is 99.0 Å². The predicted molar refractivity (Wildman–Crippen MR) is 129 cm³/mol. The molecule has 1 N–H and O–H groups in total. The van der Waals surface area contributed by atoms with Crippen LogP contribution < -0.4 is 0 Å². The third kappa shape index (κ3) is 3.79. The van der Waals surface area contributed by atoms with E-state index in [2.05, 4.69) is 53.7 Å². The van der Waals surface area contributed by atoms with Crippen molar-refractivity contribution in [3.8, 4) is 0 Å². The molecule has 3 saturated carbocycles. The topological polar surface area (TPSA) is 37.3 Å². The fourth-order valence-electron chi connectivity index (χ4n) is 8.79. The summed E-state index contributed by atoms with van der Waals surface area (Å²) in [5, 5.41) is 11.1. The molecular formula is C29H46O2. The van der Waals surface area contributed by atoms with Crippen LogP contribution in [0.5, 0.6) is 0 Å². The van der Waals surface area contributed by atoms with Crippen LogP contribution >= 0.6 is 0 Å². The summed E-state index contributed by atoms with van der Waals surface area (Å²) in [6.45, 7) is 14.4. The molecule has 0 aromatic carbocycles. The van der Waals surface area contributed by atoms with Crippen LogP contribution in [-0.4, -0.2) is 17.0 Å². The van der Waals surface area contributed by atoms with Gasteiger partial charge in [-0.1, -0.05) is 53.7 Å². The third-order valence-corrected chi connectivity index (χ3v) is 10.7. The van der Waals surface area contributed by atoms with Crippen molar-refractivity contribution in [1.82, 2.24) is 0 Å². The van der Waals surface area contributed by atoms with E-state index in [9.17, 15) is 9.90 Å². The molecule has 0 aromatic rings. The second-order valence-corrected chi connectivity index (χ2v) is 12.4. The van der Waals surface area contributed by atoms with E-state index in [1.165, 1.54) is 32.1 Å². The monoisotopic (exact) mass is 426 g/mol. The largest absolute Gasteiger partial charge is 0.389 e. The van der Waals surface area contributed by atoms with Crippen LogP contribution in [0.2, 0.25) is 0 Å². The first-order chi connectivity index (χ1) is 14.6. The van der Waals surface area contributed by atoms with Gasteiger partial charge in [0, 0.05) is 6.42 Å². The number of hydrogen-bond donors (Lipinski definition) is 1. The number of aliphatic hydroxyl groups is 1. The zero-order valence-electron chi connectivity index (χ0n) is 20.9.